The highest BCUT2D eigenvalue weighted by Crippen LogP contribution is 2.19. The van der Waals surface area contributed by atoms with Crippen molar-refractivity contribution in [2.75, 3.05) is 31.1 Å². The van der Waals surface area contributed by atoms with E-state index in [4.69, 9.17) is 0 Å². The first-order chi connectivity index (χ1) is 9.11. The van der Waals surface area contributed by atoms with Gasteiger partial charge >= 0.3 is 0 Å². The Kier molecular flexibility index (Phi) is 4.77. The van der Waals surface area contributed by atoms with Crippen molar-refractivity contribution in [3.8, 4) is 0 Å². The Morgan fingerprint density at radius 3 is 2.37 bits per heavy atom. The minimum atomic E-state index is -0.390. The molecule has 0 unspecified atom stereocenters. The van der Waals surface area contributed by atoms with Crippen LogP contribution in [-0.4, -0.2) is 47.2 Å². The van der Waals surface area contributed by atoms with Crippen molar-refractivity contribution < 1.29 is 5.11 Å². The molecule has 19 heavy (non-hydrogen) atoms. The molecule has 1 N–H and O–H groups in total. The average Bonchev–Trinajstić information content (AvgIpc) is 2.46. The zero-order valence-corrected chi connectivity index (χ0v) is 12.2. The summed E-state index contributed by atoms with van der Waals surface area (Å²) in [5.41, 5.74) is 0.909. The second kappa shape index (κ2) is 6.35. The van der Waals surface area contributed by atoms with Crippen LogP contribution >= 0.6 is 0 Å². The van der Waals surface area contributed by atoms with Gasteiger partial charge in [0.2, 0.25) is 0 Å². The maximum Gasteiger partial charge on any atom is 0.128 e. The number of piperazine rings is 1. The number of aromatic nitrogens is 1. The third-order valence-electron chi connectivity index (χ3n) is 3.91. The third-order valence-corrected chi connectivity index (χ3v) is 3.91. The number of hydrogen-bond donors (Lipinski definition) is 1. The Bertz CT molecular complexity index is 383. The largest absolute Gasteiger partial charge is 0.388 e. The van der Waals surface area contributed by atoms with Gasteiger partial charge in [-0.05, 0) is 31.9 Å². The van der Waals surface area contributed by atoms with E-state index >= 15 is 0 Å². The number of hydrogen-bond acceptors (Lipinski definition) is 4. The van der Waals surface area contributed by atoms with Crippen LogP contribution in [0.25, 0.3) is 0 Å². The van der Waals surface area contributed by atoms with Crippen LogP contribution in [0.15, 0.2) is 18.3 Å². The Balaban J connectivity index is 1.96. The summed E-state index contributed by atoms with van der Waals surface area (Å²) in [6, 6.07) is 4.64. The first-order valence-corrected chi connectivity index (χ1v) is 7.24. The topological polar surface area (TPSA) is 39.6 Å². The number of aliphatic hydroxyl groups is 1. The van der Waals surface area contributed by atoms with E-state index in [9.17, 15) is 5.11 Å². The van der Waals surface area contributed by atoms with Crippen LogP contribution < -0.4 is 4.90 Å². The van der Waals surface area contributed by atoms with Gasteiger partial charge in [-0.15, -0.1) is 0 Å². The number of nitrogens with zero attached hydrogens (tertiary/aromatic N) is 3. The van der Waals surface area contributed by atoms with Crippen LogP contribution in [0, 0.1) is 0 Å². The highest BCUT2D eigenvalue weighted by atomic mass is 16.3. The molecule has 1 saturated heterocycles. The molecule has 1 aliphatic rings. The summed E-state index contributed by atoms with van der Waals surface area (Å²) in [7, 11) is 0. The summed E-state index contributed by atoms with van der Waals surface area (Å²) in [4.78, 5) is 9.30. The fraction of sp³-hybridized carbons (Fsp3) is 0.667. The van der Waals surface area contributed by atoms with Crippen molar-refractivity contribution in [2.45, 2.75) is 39.3 Å². The molecule has 0 radical (unpaired) electrons. The van der Waals surface area contributed by atoms with Gasteiger partial charge in [-0.1, -0.05) is 13.0 Å². The van der Waals surface area contributed by atoms with Gasteiger partial charge < -0.3 is 10.0 Å². The normalized spacial score (nSPS) is 18.9. The fourth-order valence-corrected chi connectivity index (χ4v) is 2.48. The molecule has 1 aromatic rings. The van der Waals surface area contributed by atoms with Gasteiger partial charge in [-0.25, -0.2) is 4.98 Å². The molecule has 4 heteroatoms. The molecule has 0 saturated carbocycles. The quantitative estimate of drug-likeness (QED) is 0.902. The lowest BCUT2D eigenvalue weighted by atomic mass is 10.1. The zero-order valence-electron chi connectivity index (χ0n) is 12.2. The van der Waals surface area contributed by atoms with Gasteiger partial charge in [-0.2, -0.15) is 0 Å². The van der Waals surface area contributed by atoms with Gasteiger partial charge in [0, 0.05) is 38.4 Å². The molecule has 1 aliphatic heterocycles. The van der Waals surface area contributed by atoms with Gasteiger partial charge in [0.1, 0.15) is 5.82 Å². The third kappa shape index (κ3) is 3.45. The molecular weight excluding hydrogens is 238 g/mol. The molecular formula is C15H25N3O. The van der Waals surface area contributed by atoms with Gasteiger partial charge in [0.05, 0.1) is 6.10 Å². The van der Waals surface area contributed by atoms with Crippen LogP contribution in [0.5, 0.6) is 0 Å². The lowest BCUT2D eigenvalue weighted by Gasteiger charge is -2.37. The van der Waals surface area contributed by atoms with Crippen molar-refractivity contribution in [1.82, 2.24) is 9.88 Å². The lowest BCUT2D eigenvalue weighted by Crippen LogP contribution is -2.49. The molecule has 0 amide bonds. The summed E-state index contributed by atoms with van der Waals surface area (Å²) in [5.74, 6) is 1.02. The van der Waals surface area contributed by atoms with Crippen LogP contribution in [0.1, 0.15) is 38.9 Å². The van der Waals surface area contributed by atoms with Gasteiger partial charge in [0.15, 0.2) is 0 Å². The summed E-state index contributed by atoms with van der Waals surface area (Å²) < 4.78 is 0. The summed E-state index contributed by atoms with van der Waals surface area (Å²) in [6.45, 7) is 10.7. The Morgan fingerprint density at radius 2 is 1.89 bits per heavy atom. The summed E-state index contributed by atoms with van der Waals surface area (Å²) in [5, 5.41) is 9.77. The number of rotatable bonds is 4. The van der Waals surface area contributed by atoms with E-state index in [1.54, 1.807) is 6.20 Å². The summed E-state index contributed by atoms with van der Waals surface area (Å²) >= 11 is 0. The SMILES string of the molecule is CC[C@H](O)c1ccc(N2CCN(C(C)C)CC2)nc1. The van der Waals surface area contributed by atoms with E-state index in [-0.39, 0.29) is 6.10 Å². The predicted octanol–water partition coefficient (Wildman–Crippen LogP) is 2.06. The van der Waals surface area contributed by atoms with Crippen LogP contribution in [0.3, 0.4) is 0 Å². The summed E-state index contributed by atoms with van der Waals surface area (Å²) in [6.07, 6.45) is 2.14. The molecule has 2 heterocycles. The van der Waals surface area contributed by atoms with Crippen molar-refractivity contribution in [1.29, 1.82) is 0 Å². The van der Waals surface area contributed by atoms with Crippen molar-refractivity contribution in [3.05, 3.63) is 23.9 Å². The second-order valence-corrected chi connectivity index (χ2v) is 5.49. The zero-order chi connectivity index (χ0) is 13.8. The van der Waals surface area contributed by atoms with Crippen LogP contribution in [-0.2, 0) is 0 Å². The number of anilines is 1. The van der Waals surface area contributed by atoms with E-state index in [2.05, 4.69) is 28.6 Å². The smallest absolute Gasteiger partial charge is 0.128 e. The monoisotopic (exact) mass is 263 g/mol. The standard InChI is InChI=1S/C15H25N3O/c1-4-14(19)13-5-6-15(16-11-13)18-9-7-17(8-10-18)12(2)3/h5-6,11-12,14,19H,4,7-10H2,1-3H3/t14-/m0/s1. The minimum absolute atomic E-state index is 0.390. The van der Waals surface area contributed by atoms with Gasteiger partial charge in [-0.3, -0.25) is 4.90 Å². The van der Waals surface area contributed by atoms with Crippen LogP contribution in [0.2, 0.25) is 0 Å². The molecule has 0 spiro atoms. The van der Waals surface area contributed by atoms with E-state index < -0.39 is 0 Å². The van der Waals surface area contributed by atoms with E-state index in [0.29, 0.717) is 6.04 Å². The molecule has 1 aromatic heterocycles. The molecule has 1 atom stereocenters. The molecule has 106 valence electrons. The minimum Gasteiger partial charge on any atom is -0.388 e. The van der Waals surface area contributed by atoms with Crippen molar-refractivity contribution in [2.24, 2.45) is 0 Å². The lowest BCUT2D eigenvalue weighted by molar-refractivity contribution is 0.173. The predicted molar refractivity (Wildman–Crippen MR) is 78.4 cm³/mol. The first kappa shape index (κ1) is 14.3. The molecule has 2 rings (SSSR count). The van der Waals surface area contributed by atoms with Crippen molar-refractivity contribution in [3.63, 3.8) is 0 Å². The molecule has 4 nitrogen and oxygen atoms in total. The highest BCUT2D eigenvalue weighted by Gasteiger charge is 2.19. The maximum absolute atomic E-state index is 9.77. The Morgan fingerprint density at radius 1 is 1.21 bits per heavy atom. The molecule has 0 aliphatic carbocycles. The van der Waals surface area contributed by atoms with E-state index in [1.165, 1.54) is 0 Å². The average molecular weight is 263 g/mol. The highest BCUT2D eigenvalue weighted by molar-refractivity contribution is 5.40. The Labute approximate surface area is 116 Å². The van der Waals surface area contributed by atoms with Crippen molar-refractivity contribution >= 4 is 5.82 Å². The molecule has 1 fully saturated rings. The first-order valence-electron chi connectivity index (χ1n) is 7.24. The number of pyridine rings is 1. The second-order valence-electron chi connectivity index (χ2n) is 5.49. The van der Waals surface area contributed by atoms with Gasteiger partial charge in [0.25, 0.3) is 0 Å². The van der Waals surface area contributed by atoms with E-state index in [0.717, 1.165) is 44.0 Å². The Hall–Kier alpha value is -1.13. The van der Waals surface area contributed by atoms with E-state index in [1.807, 2.05) is 19.1 Å². The number of aliphatic hydroxyl groups excluding tert-OH is 1. The fourth-order valence-electron chi connectivity index (χ4n) is 2.48. The van der Waals surface area contributed by atoms with Crippen LogP contribution in [0.4, 0.5) is 5.82 Å². The molecule has 0 aromatic carbocycles. The maximum atomic E-state index is 9.77. The molecule has 0 bridgehead atoms.